The largest absolute Gasteiger partial charge is 0.481 e. The minimum atomic E-state index is -0.970. The highest BCUT2D eigenvalue weighted by molar-refractivity contribution is 9.10. The third kappa shape index (κ3) is 2.06. The first kappa shape index (κ1) is 13.4. The van der Waals surface area contributed by atoms with E-state index in [0.717, 1.165) is 28.5 Å². The van der Waals surface area contributed by atoms with Crippen LogP contribution in [0.3, 0.4) is 0 Å². The summed E-state index contributed by atoms with van der Waals surface area (Å²) in [5.74, 6) is -0.970. The molecule has 0 amide bonds. The lowest BCUT2D eigenvalue weighted by atomic mass is 10.0. The lowest BCUT2D eigenvalue weighted by molar-refractivity contribution is -0.136. The SMILES string of the molecule is Cc1c(CC(=O)O)c(=O)c2cccc(Br)c2n1C1CC1. The lowest BCUT2D eigenvalue weighted by Gasteiger charge is -2.18. The number of fused-ring (bicyclic) bond motifs is 1. The van der Waals surface area contributed by atoms with E-state index in [9.17, 15) is 9.59 Å². The molecule has 1 heterocycles. The first-order valence-corrected chi connectivity index (χ1v) is 7.34. The summed E-state index contributed by atoms with van der Waals surface area (Å²) in [7, 11) is 0. The molecule has 1 aliphatic rings. The fourth-order valence-corrected chi connectivity index (χ4v) is 3.29. The minimum Gasteiger partial charge on any atom is -0.481 e. The number of halogens is 1. The smallest absolute Gasteiger partial charge is 0.308 e. The zero-order valence-corrected chi connectivity index (χ0v) is 12.6. The Balaban J connectivity index is 2.43. The summed E-state index contributed by atoms with van der Waals surface area (Å²) >= 11 is 3.51. The second-order valence-corrected chi connectivity index (χ2v) is 6.06. The quantitative estimate of drug-likeness (QED) is 0.937. The van der Waals surface area contributed by atoms with Gasteiger partial charge in [0.15, 0.2) is 5.43 Å². The van der Waals surface area contributed by atoms with Gasteiger partial charge < -0.3 is 9.67 Å². The van der Waals surface area contributed by atoms with Crippen molar-refractivity contribution < 1.29 is 9.90 Å². The maximum atomic E-state index is 12.5. The molecule has 4 nitrogen and oxygen atoms in total. The zero-order valence-electron chi connectivity index (χ0n) is 11.0. The average molecular weight is 336 g/mol. The van der Waals surface area contributed by atoms with Crippen LogP contribution in [-0.2, 0) is 11.2 Å². The number of carboxylic acid groups (broad SMARTS) is 1. The number of aromatic nitrogens is 1. The fourth-order valence-electron chi connectivity index (χ4n) is 2.73. The molecule has 1 aromatic heterocycles. The molecule has 1 fully saturated rings. The molecule has 0 spiro atoms. The molecule has 0 aliphatic heterocycles. The van der Waals surface area contributed by atoms with Crippen molar-refractivity contribution in [2.24, 2.45) is 0 Å². The van der Waals surface area contributed by atoms with Gasteiger partial charge in [0.1, 0.15) is 0 Å². The number of nitrogens with zero attached hydrogens (tertiary/aromatic N) is 1. The molecule has 0 radical (unpaired) electrons. The Bertz CT molecular complexity index is 775. The Morgan fingerprint density at radius 3 is 2.75 bits per heavy atom. The number of hydrogen-bond donors (Lipinski definition) is 1. The van der Waals surface area contributed by atoms with Crippen LogP contribution in [0.2, 0.25) is 0 Å². The van der Waals surface area contributed by atoms with Crippen LogP contribution in [0.1, 0.15) is 30.1 Å². The first-order valence-electron chi connectivity index (χ1n) is 6.54. The van der Waals surface area contributed by atoms with Crippen LogP contribution in [0.5, 0.6) is 0 Å². The second-order valence-electron chi connectivity index (χ2n) is 5.20. The van der Waals surface area contributed by atoms with Gasteiger partial charge in [-0.05, 0) is 47.8 Å². The number of hydrogen-bond acceptors (Lipinski definition) is 2. The molecule has 0 saturated heterocycles. The van der Waals surface area contributed by atoms with Crippen molar-refractivity contribution in [2.75, 3.05) is 0 Å². The highest BCUT2D eigenvalue weighted by atomic mass is 79.9. The molecular weight excluding hydrogens is 322 g/mol. The van der Waals surface area contributed by atoms with Gasteiger partial charge in [-0.3, -0.25) is 9.59 Å². The number of carboxylic acids is 1. The van der Waals surface area contributed by atoms with Crippen molar-refractivity contribution >= 4 is 32.8 Å². The van der Waals surface area contributed by atoms with E-state index in [-0.39, 0.29) is 11.8 Å². The molecule has 1 aliphatic carbocycles. The van der Waals surface area contributed by atoms with Crippen LogP contribution in [0, 0.1) is 6.92 Å². The Kier molecular flexibility index (Phi) is 3.17. The molecule has 2 aromatic rings. The van der Waals surface area contributed by atoms with Crippen molar-refractivity contribution in [2.45, 2.75) is 32.2 Å². The van der Waals surface area contributed by atoms with Crippen molar-refractivity contribution in [3.05, 3.63) is 44.2 Å². The first-order chi connectivity index (χ1) is 9.50. The van der Waals surface area contributed by atoms with Crippen LogP contribution >= 0.6 is 15.9 Å². The number of benzene rings is 1. The number of pyridine rings is 1. The molecule has 1 aromatic carbocycles. The molecule has 0 atom stereocenters. The number of carbonyl (C=O) groups is 1. The summed E-state index contributed by atoms with van der Waals surface area (Å²) in [5, 5.41) is 9.62. The van der Waals surface area contributed by atoms with Crippen LogP contribution in [0.25, 0.3) is 10.9 Å². The topological polar surface area (TPSA) is 59.3 Å². The van der Waals surface area contributed by atoms with E-state index in [1.54, 1.807) is 6.07 Å². The van der Waals surface area contributed by atoms with E-state index >= 15 is 0 Å². The van der Waals surface area contributed by atoms with E-state index in [4.69, 9.17) is 5.11 Å². The van der Waals surface area contributed by atoms with Gasteiger partial charge in [0.05, 0.1) is 11.9 Å². The Morgan fingerprint density at radius 2 is 2.15 bits per heavy atom. The van der Waals surface area contributed by atoms with Gasteiger partial charge in [0.2, 0.25) is 0 Å². The van der Waals surface area contributed by atoms with Gasteiger partial charge in [-0.25, -0.2) is 0 Å². The summed E-state index contributed by atoms with van der Waals surface area (Å²) < 4.78 is 3.00. The summed E-state index contributed by atoms with van der Waals surface area (Å²) in [5.41, 5.74) is 1.89. The van der Waals surface area contributed by atoms with Gasteiger partial charge in [0, 0.05) is 27.2 Å². The monoisotopic (exact) mass is 335 g/mol. The van der Waals surface area contributed by atoms with Gasteiger partial charge >= 0.3 is 5.97 Å². The Labute approximate surface area is 124 Å². The second kappa shape index (κ2) is 4.74. The maximum Gasteiger partial charge on any atom is 0.308 e. The van der Waals surface area contributed by atoms with E-state index in [0.29, 0.717) is 17.0 Å². The summed E-state index contributed by atoms with van der Waals surface area (Å²) in [4.78, 5) is 23.6. The summed E-state index contributed by atoms with van der Waals surface area (Å²) in [6, 6.07) is 5.87. The maximum absolute atomic E-state index is 12.5. The van der Waals surface area contributed by atoms with Crippen LogP contribution in [0.15, 0.2) is 27.5 Å². The normalized spacial score (nSPS) is 14.7. The summed E-state index contributed by atoms with van der Waals surface area (Å²) in [6.07, 6.45) is 1.93. The van der Waals surface area contributed by atoms with Crippen molar-refractivity contribution in [1.29, 1.82) is 0 Å². The van der Waals surface area contributed by atoms with E-state index in [1.165, 1.54) is 0 Å². The number of para-hydroxylation sites is 1. The molecule has 0 unspecified atom stereocenters. The van der Waals surface area contributed by atoms with Gasteiger partial charge in [0.25, 0.3) is 0 Å². The molecule has 3 rings (SSSR count). The third-order valence-electron chi connectivity index (χ3n) is 3.78. The predicted molar refractivity (Wildman–Crippen MR) is 80.3 cm³/mol. The van der Waals surface area contributed by atoms with Gasteiger partial charge in [-0.1, -0.05) is 6.07 Å². The molecule has 5 heteroatoms. The van der Waals surface area contributed by atoms with Crippen LogP contribution in [0.4, 0.5) is 0 Å². The molecular formula is C15H14BrNO3. The van der Waals surface area contributed by atoms with Crippen LogP contribution in [-0.4, -0.2) is 15.6 Å². The van der Waals surface area contributed by atoms with Gasteiger partial charge in [-0.2, -0.15) is 0 Å². The molecule has 20 heavy (non-hydrogen) atoms. The average Bonchev–Trinajstić information content (AvgIpc) is 3.20. The molecule has 0 bridgehead atoms. The van der Waals surface area contributed by atoms with Crippen molar-refractivity contribution in [1.82, 2.24) is 4.57 Å². The number of rotatable bonds is 3. The van der Waals surface area contributed by atoms with Crippen molar-refractivity contribution in [3.63, 3.8) is 0 Å². The Morgan fingerprint density at radius 1 is 1.45 bits per heavy atom. The van der Waals surface area contributed by atoms with E-state index < -0.39 is 5.97 Å². The lowest BCUT2D eigenvalue weighted by Crippen LogP contribution is -2.21. The fraction of sp³-hybridized carbons (Fsp3) is 0.333. The zero-order chi connectivity index (χ0) is 14.4. The third-order valence-corrected chi connectivity index (χ3v) is 4.42. The van der Waals surface area contributed by atoms with Crippen molar-refractivity contribution in [3.8, 4) is 0 Å². The van der Waals surface area contributed by atoms with E-state index in [1.807, 2.05) is 19.1 Å². The summed E-state index contributed by atoms with van der Waals surface area (Å²) in [6.45, 7) is 1.84. The van der Waals surface area contributed by atoms with Crippen LogP contribution < -0.4 is 5.43 Å². The standard InChI is InChI=1S/C15H14BrNO3/c1-8-11(7-13(18)19)15(20)10-3-2-4-12(16)14(10)17(8)9-5-6-9/h2-4,9H,5-7H2,1H3,(H,18,19). The predicted octanol–water partition coefficient (Wildman–Crippen LogP) is 3.03. The van der Waals surface area contributed by atoms with E-state index in [2.05, 4.69) is 20.5 Å². The van der Waals surface area contributed by atoms with Gasteiger partial charge in [-0.15, -0.1) is 0 Å². The number of aliphatic carboxylic acids is 1. The molecule has 1 saturated carbocycles. The minimum absolute atomic E-state index is 0.168. The highest BCUT2D eigenvalue weighted by Gasteiger charge is 2.28. The molecule has 1 N–H and O–H groups in total. The highest BCUT2D eigenvalue weighted by Crippen LogP contribution is 2.40. The molecule has 104 valence electrons. The Hall–Kier alpha value is -1.62.